The first-order chi connectivity index (χ1) is 3.68. The van der Waals surface area contributed by atoms with Crippen LogP contribution in [-0.4, -0.2) is 12.0 Å². The Labute approximate surface area is 75.9 Å². The molecule has 0 saturated heterocycles. The Bertz CT molecular complexity index is 129. The third kappa shape index (κ3) is 5.87. The molecule has 0 aromatic heterocycles. The van der Waals surface area contributed by atoms with Gasteiger partial charge in [0.05, 0.1) is 12.0 Å². The van der Waals surface area contributed by atoms with Gasteiger partial charge in [0, 0.05) is 6.42 Å². The molecule has 0 aromatic rings. The Morgan fingerprint density at radius 2 is 2.33 bits per heavy atom. The molecule has 0 heterocycles. The quantitative estimate of drug-likeness (QED) is 0.305. The minimum atomic E-state index is -1.30. The van der Waals surface area contributed by atoms with Crippen molar-refractivity contribution in [3.63, 3.8) is 0 Å². The van der Waals surface area contributed by atoms with E-state index in [2.05, 4.69) is 5.92 Å². The maximum Gasteiger partial charge on any atom is 1.00 e. The van der Waals surface area contributed by atoms with E-state index < -0.39 is 12.0 Å². The molecule has 0 spiro atoms. The summed E-state index contributed by atoms with van der Waals surface area (Å²) in [6.07, 6.45) is 4.78. The number of terminal acetylenes is 1. The SMILES string of the molecule is C#CCC(N)C(=O)[O-].[Na+]. The maximum absolute atomic E-state index is 9.76. The van der Waals surface area contributed by atoms with Crippen molar-refractivity contribution in [1.82, 2.24) is 0 Å². The van der Waals surface area contributed by atoms with Crippen LogP contribution in [0.5, 0.6) is 0 Å². The number of rotatable bonds is 2. The van der Waals surface area contributed by atoms with Gasteiger partial charge in [-0.25, -0.2) is 0 Å². The topological polar surface area (TPSA) is 66.2 Å². The second-order valence-corrected chi connectivity index (χ2v) is 1.33. The van der Waals surface area contributed by atoms with E-state index in [0.29, 0.717) is 0 Å². The molecule has 3 nitrogen and oxygen atoms in total. The molecule has 0 aliphatic heterocycles. The van der Waals surface area contributed by atoms with Gasteiger partial charge < -0.3 is 15.6 Å². The number of nitrogens with two attached hydrogens (primary N) is 1. The number of aliphatic carboxylic acids is 1. The Balaban J connectivity index is 0. The van der Waals surface area contributed by atoms with Gasteiger partial charge in [-0.05, 0) is 0 Å². The van der Waals surface area contributed by atoms with Crippen LogP contribution in [-0.2, 0) is 4.79 Å². The third-order valence-corrected chi connectivity index (χ3v) is 0.641. The van der Waals surface area contributed by atoms with Crippen molar-refractivity contribution in [2.45, 2.75) is 12.5 Å². The van der Waals surface area contributed by atoms with Crippen molar-refractivity contribution in [1.29, 1.82) is 0 Å². The third-order valence-electron chi connectivity index (χ3n) is 0.641. The average molecular weight is 135 g/mol. The van der Waals surface area contributed by atoms with Crippen LogP contribution in [0.2, 0.25) is 0 Å². The van der Waals surface area contributed by atoms with E-state index >= 15 is 0 Å². The summed E-state index contributed by atoms with van der Waals surface area (Å²) in [6.45, 7) is 0. The first-order valence-electron chi connectivity index (χ1n) is 2.08. The molecule has 0 aliphatic rings. The normalized spacial score (nSPS) is 10.7. The van der Waals surface area contributed by atoms with Crippen LogP contribution in [0, 0.1) is 12.3 Å². The minimum absolute atomic E-state index is 0. The van der Waals surface area contributed by atoms with Crippen LogP contribution in [0.4, 0.5) is 0 Å². The van der Waals surface area contributed by atoms with Crippen molar-refractivity contribution >= 4 is 5.97 Å². The summed E-state index contributed by atoms with van der Waals surface area (Å²) in [6, 6.07) is -1.01. The Kier molecular flexibility index (Phi) is 7.98. The molecule has 0 bridgehead atoms. The van der Waals surface area contributed by atoms with E-state index in [0.717, 1.165) is 0 Å². The van der Waals surface area contributed by atoms with E-state index in [4.69, 9.17) is 12.2 Å². The van der Waals surface area contributed by atoms with Gasteiger partial charge in [-0.2, -0.15) is 0 Å². The van der Waals surface area contributed by atoms with E-state index in [1.54, 1.807) is 0 Å². The summed E-state index contributed by atoms with van der Waals surface area (Å²) in [7, 11) is 0. The summed E-state index contributed by atoms with van der Waals surface area (Å²) >= 11 is 0. The fourth-order valence-corrected chi connectivity index (χ4v) is 0.210. The number of carboxylic acid groups (broad SMARTS) is 1. The molecule has 1 atom stereocenters. The van der Waals surface area contributed by atoms with E-state index in [1.807, 2.05) is 0 Å². The fraction of sp³-hybridized carbons (Fsp3) is 0.400. The molecule has 44 valence electrons. The van der Waals surface area contributed by atoms with Crippen LogP contribution < -0.4 is 40.4 Å². The largest absolute Gasteiger partial charge is 1.00 e. The second kappa shape index (κ2) is 6.12. The van der Waals surface area contributed by atoms with Crippen molar-refractivity contribution < 1.29 is 39.5 Å². The molecule has 9 heavy (non-hydrogen) atoms. The van der Waals surface area contributed by atoms with Crippen molar-refractivity contribution in [3.8, 4) is 12.3 Å². The zero-order valence-corrected chi connectivity index (χ0v) is 7.26. The number of hydrogen-bond donors (Lipinski definition) is 1. The summed E-state index contributed by atoms with van der Waals surface area (Å²) < 4.78 is 0. The van der Waals surface area contributed by atoms with E-state index in [9.17, 15) is 9.90 Å². The molecule has 0 fully saturated rings. The monoisotopic (exact) mass is 135 g/mol. The number of carboxylic acids is 1. The number of carbonyl (C=O) groups excluding carboxylic acids is 1. The zero-order valence-electron chi connectivity index (χ0n) is 5.26. The van der Waals surface area contributed by atoms with E-state index in [1.165, 1.54) is 0 Å². The molecule has 0 radical (unpaired) electrons. The average Bonchev–Trinajstić information content (AvgIpc) is 1.67. The minimum Gasteiger partial charge on any atom is -0.548 e. The van der Waals surface area contributed by atoms with Crippen LogP contribution in [0.15, 0.2) is 0 Å². The molecule has 0 aliphatic carbocycles. The van der Waals surface area contributed by atoms with Crippen molar-refractivity contribution in [3.05, 3.63) is 0 Å². The first-order valence-corrected chi connectivity index (χ1v) is 2.08. The molecule has 4 heteroatoms. The van der Waals surface area contributed by atoms with Crippen molar-refractivity contribution in [2.75, 3.05) is 0 Å². The van der Waals surface area contributed by atoms with E-state index in [-0.39, 0.29) is 36.0 Å². The predicted octanol–water partition coefficient (Wildman–Crippen LogP) is -4.91. The second-order valence-electron chi connectivity index (χ2n) is 1.33. The summed E-state index contributed by atoms with van der Waals surface area (Å²) in [4.78, 5) is 9.76. The standard InChI is InChI=1S/C5H7NO2.Na/c1-2-3-4(6)5(7)8;/h1,4H,3,6H2,(H,7,8);/q;+1/p-1. The zero-order chi connectivity index (χ0) is 6.57. The molecule has 0 aromatic carbocycles. The Morgan fingerprint density at radius 1 is 1.89 bits per heavy atom. The Morgan fingerprint density at radius 3 is 2.44 bits per heavy atom. The molecule has 1 unspecified atom stereocenters. The van der Waals surface area contributed by atoms with Crippen LogP contribution in [0.25, 0.3) is 0 Å². The summed E-state index contributed by atoms with van der Waals surface area (Å²) in [5.41, 5.74) is 4.92. The molecular formula is C5H6NNaO2. The smallest absolute Gasteiger partial charge is 0.548 e. The maximum atomic E-state index is 9.76. The summed E-state index contributed by atoms with van der Waals surface area (Å²) in [5, 5.41) is 9.76. The van der Waals surface area contributed by atoms with Crippen LogP contribution >= 0.6 is 0 Å². The van der Waals surface area contributed by atoms with Gasteiger partial charge in [0.2, 0.25) is 0 Å². The molecule has 0 rings (SSSR count). The number of carbonyl (C=O) groups is 1. The molecule has 2 N–H and O–H groups in total. The van der Waals surface area contributed by atoms with Crippen LogP contribution in [0.1, 0.15) is 6.42 Å². The van der Waals surface area contributed by atoms with Gasteiger partial charge in [-0.15, -0.1) is 12.3 Å². The first kappa shape index (κ1) is 11.7. The van der Waals surface area contributed by atoms with Gasteiger partial charge in [0.15, 0.2) is 0 Å². The van der Waals surface area contributed by atoms with Crippen molar-refractivity contribution in [2.24, 2.45) is 5.73 Å². The Hall–Kier alpha value is -0.0100. The fourth-order valence-electron chi connectivity index (χ4n) is 0.210. The van der Waals surface area contributed by atoms with Gasteiger partial charge >= 0.3 is 29.6 Å². The van der Waals surface area contributed by atoms with Crippen LogP contribution in [0.3, 0.4) is 0 Å². The van der Waals surface area contributed by atoms with Gasteiger partial charge in [-0.3, -0.25) is 0 Å². The van der Waals surface area contributed by atoms with Gasteiger partial charge in [0.25, 0.3) is 0 Å². The summed E-state index contributed by atoms with van der Waals surface area (Å²) in [5.74, 6) is 0.800. The molecule has 0 amide bonds. The molecular weight excluding hydrogens is 129 g/mol. The number of hydrogen-bond acceptors (Lipinski definition) is 3. The predicted molar refractivity (Wildman–Crippen MR) is 26.4 cm³/mol. The van der Waals surface area contributed by atoms with Gasteiger partial charge in [0.1, 0.15) is 0 Å². The molecule has 0 saturated carbocycles. The van der Waals surface area contributed by atoms with Gasteiger partial charge in [-0.1, -0.05) is 0 Å².